The predicted octanol–water partition coefficient (Wildman–Crippen LogP) is 0.764. The second kappa shape index (κ2) is 4.24. The molecule has 0 atom stereocenters. The van der Waals surface area contributed by atoms with Crippen molar-refractivity contribution in [3.63, 3.8) is 0 Å². The summed E-state index contributed by atoms with van der Waals surface area (Å²) in [6.07, 6.45) is 2.82. The molecule has 16 heavy (non-hydrogen) atoms. The standard InChI is InChI=1S/C8H9N3O3S2/c12-4-6-1-8(15-5-6)16(13,14)11-7-2-9-10-3-7/h1-3,5,11-12H,4H2,(H,9,10). The molecule has 0 amide bonds. The smallest absolute Gasteiger partial charge is 0.271 e. The van der Waals surface area contributed by atoms with Crippen molar-refractivity contribution in [1.29, 1.82) is 0 Å². The van der Waals surface area contributed by atoms with Crippen molar-refractivity contribution in [2.24, 2.45) is 0 Å². The summed E-state index contributed by atoms with van der Waals surface area (Å²) < 4.78 is 26.1. The zero-order valence-electron chi connectivity index (χ0n) is 8.04. The van der Waals surface area contributed by atoms with E-state index in [4.69, 9.17) is 5.11 Å². The van der Waals surface area contributed by atoms with Gasteiger partial charge >= 0.3 is 0 Å². The SMILES string of the molecule is O=S(=O)(Nc1cn[nH]c1)c1cc(CO)cs1. The number of anilines is 1. The molecule has 0 saturated carbocycles. The summed E-state index contributed by atoms with van der Waals surface area (Å²) in [6, 6.07) is 1.44. The number of nitrogens with one attached hydrogen (secondary N) is 2. The molecule has 0 aromatic carbocycles. The van der Waals surface area contributed by atoms with Crippen LogP contribution in [0.15, 0.2) is 28.0 Å². The minimum atomic E-state index is -3.58. The molecular weight excluding hydrogens is 250 g/mol. The number of aromatic amines is 1. The summed E-state index contributed by atoms with van der Waals surface area (Å²) in [4.78, 5) is 0. The zero-order valence-corrected chi connectivity index (χ0v) is 9.68. The fourth-order valence-corrected chi connectivity index (χ4v) is 3.32. The summed E-state index contributed by atoms with van der Waals surface area (Å²) >= 11 is 1.06. The van der Waals surface area contributed by atoms with Gasteiger partial charge in [0.15, 0.2) is 0 Å². The number of rotatable bonds is 4. The fourth-order valence-electron chi connectivity index (χ4n) is 1.09. The van der Waals surface area contributed by atoms with Crippen molar-refractivity contribution in [2.75, 3.05) is 4.72 Å². The van der Waals surface area contributed by atoms with Crippen molar-refractivity contribution in [1.82, 2.24) is 10.2 Å². The highest BCUT2D eigenvalue weighted by Crippen LogP contribution is 2.22. The molecule has 2 heterocycles. The van der Waals surface area contributed by atoms with E-state index in [1.165, 1.54) is 18.5 Å². The van der Waals surface area contributed by atoms with Gasteiger partial charge in [-0.1, -0.05) is 0 Å². The lowest BCUT2D eigenvalue weighted by molar-refractivity contribution is 0.282. The molecule has 86 valence electrons. The van der Waals surface area contributed by atoms with Crippen LogP contribution in [-0.4, -0.2) is 23.7 Å². The van der Waals surface area contributed by atoms with Gasteiger partial charge in [-0.3, -0.25) is 9.82 Å². The molecular formula is C8H9N3O3S2. The van der Waals surface area contributed by atoms with Gasteiger partial charge in [-0.25, -0.2) is 8.42 Å². The van der Waals surface area contributed by atoms with E-state index < -0.39 is 10.0 Å². The molecule has 3 N–H and O–H groups in total. The van der Waals surface area contributed by atoms with Gasteiger partial charge in [-0.2, -0.15) is 5.10 Å². The van der Waals surface area contributed by atoms with Gasteiger partial charge in [0.1, 0.15) is 4.21 Å². The molecule has 0 fully saturated rings. The number of aliphatic hydroxyl groups is 1. The quantitative estimate of drug-likeness (QED) is 0.755. The van der Waals surface area contributed by atoms with Crippen molar-refractivity contribution < 1.29 is 13.5 Å². The number of aromatic nitrogens is 2. The number of hydrogen-bond acceptors (Lipinski definition) is 5. The average Bonchev–Trinajstić information content (AvgIpc) is 2.85. The van der Waals surface area contributed by atoms with Crippen molar-refractivity contribution in [3.05, 3.63) is 29.4 Å². The first-order valence-electron chi connectivity index (χ1n) is 4.32. The van der Waals surface area contributed by atoms with E-state index >= 15 is 0 Å². The number of thiophene rings is 1. The molecule has 0 bridgehead atoms. The number of nitrogens with zero attached hydrogens (tertiary/aromatic N) is 1. The Morgan fingerprint density at radius 2 is 2.38 bits per heavy atom. The van der Waals surface area contributed by atoms with Crippen LogP contribution in [0.5, 0.6) is 0 Å². The Bertz CT molecular complexity index is 559. The predicted molar refractivity (Wildman–Crippen MR) is 59.6 cm³/mol. The van der Waals surface area contributed by atoms with Gasteiger partial charge in [0.25, 0.3) is 10.0 Å². The van der Waals surface area contributed by atoms with Crippen LogP contribution in [0.1, 0.15) is 5.56 Å². The molecule has 0 radical (unpaired) electrons. The van der Waals surface area contributed by atoms with Crippen LogP contribution in [0.3, 0.4) is 0 Å². The molecule has 2 rings (SSSR count). The zero-order chi connectivity index (χ0) is 11.6. The normalized spacial score (nSPS) is 11.6. The van der Waals surface area contributed by atoms with Gasteiger partial charge in [0.05, 0.1) is 18.5 Å². The minimum Gasteiger partial charge on any atom is -0.392 e. The molecule has 2 aromatic heterocycles. The summed E-state index contributed by atoms with van der Waals surface area (Å²) in [5.41, 5.74) is 0.955. The molecule has 0 aliphatic heterocycles. The van der Waals surface area contributed by atoms with Crippen LogP contribution in [0, 0.1) is 0 Å². The summed E-state index contributed by atoms with van der Waals surface area (Å²) in [5, 5.41) is 16.6. The highest BCUT2D eigenvalue weighted by molar-refractivity contribution is 7.94. The van der Waals surface area contributed by atoms with Crippen LogP contribution in [0.2, 0.25) is 0 Å². The molecule has 0 aliphatic rings. The molecule has 0 saturated heterocycles. The Hall–Kier alpha value is -1.38. The van der Waals surface area contributed by atoms with E-state index in [-0.39, 0.29) is 10.8 Å². The first-order chi connectivity index (χ1) is 7.62. The fraction of sp³-hybridized carbons (Fsp3) is 0.125. The third kappa shape index (κ3) is 2.23. The summed E-state index contributed by atoms with van der Waals surface area (Å²) in [5.74, 6) is 0. The maximum absolute atomic E-state index is 11.8. The Morgan fingerprint density at radius 1 is 1.56 bits per heavy atom. The molecule has 0 aliphatic carbocycles. The first kappa shape index (κ1) is 11.1. The molecule has 0 spiro atoms. The van der Waals surface area contributed by atoms with Gasteiger partial charge in [-0.05, 0) is 17.0 Å². The molecule has 8 heteroatoms. The monoisotopic (exact) mass is 259 g/mol. The van der Waals surface area contributed by atoms with E-state index in [2.05, 4.69) is 14.9 Å². The third-order valence-electron chi connectivity index (χ3n) is 1.83. The largest absolute Gasteiger partial charge is 0.392 e. The lowest BCUT2D eigenvalue weighted by Crippen LogP contribution is -2.10. The highest BCUT2D eigenvalue weighted by atomic mass is 32.2. The number of aliphatic hydroxyl groups excluding tert-OH is 1. The first-order valence-corrected chi connectivity index (χ1v) is 6.68. The van der Waals surface area contributed by atoms with Crippen LogP contribution >= 0.6 is 11.3 Å². The van der Waals surface area contributed by atoms with Crippen LogP contribution in [0.4, 0.5) is 5.69 Å². The van der Waals surface area contributed by atoms with Crippen LogP contribution in [0.25, 0.3) is 0 Å². The molecule has 6 nitrogen and oxygen atoms in total. The van der Waals surface area contributed by atoms with Crippen molar-refractivity contribution in [2.45, 2.75) is 10.8 Å². The Kier molecular flexibility index (Phi) is 2.95. The highest BCUT2D eigenvalue weighted by Gasteiger charge is 2.17. The molecule has 0 unspecified atom stereocenters. The topological polar surface area (TPSA) is 95.1 Å². The van der Waals surface area contributed by atoms with Crippen molar-refractivity contribution >= 4 is 27.0 Å². The van der Waals surface area contributed by atoms with E-state index in [1.54, 1.807) is 5.38 Å². The minimum absolute atomic E-state index is 0.165. The third-order valence-corrected chi connectivity index (χ3v) is 4.70. The second-order valence-corrected chi connectivity index (χ2v) is 5.85. The van der Waals surface area contributed by atoms with E-state index in [9.17, 15) is 8.42 Å². The maximum Gasteiger partial charge on any atom is 0.271 e. The van der Waals surface area contributed by atoms with Crippen LogP contribution in [-0.2, 0) is 16.6 Å². The Morgan fingerprint density at radius 3 is 2.94 bits per heavy atom. The molecule has 2 aromatic rings. The van der Waals surface area contributed by atoms with Gasteiger partial charge < -0.3 is 5.11 Å². The van der Waals surface area contributed by atoms with Gasteiger partial charge in [0.2, 0.25) is 0 Å². The number of H-pyrrole nitrogens is 1. The average molecular weight is 259 g/mol. The van der Waals surface area contributed by atoms with E-state index in [0.29, 0.717) is 11.3 Å². The number of sulfonamides is 1. The summed E-state index contributed by atoms with van der Waals surface area (Å²) in [6.45, 7) is -0.169. The van der Waals surface area contributed by atoms with Crippen molar-refractivity contribution in [3.8, 4) is 0 Å². The van der Waals surface area contributed by atoms with Gasteiger partial charge in [-0.15, -0.1) is 11.3 Å². The Balaban J connectivity index is 2.25. The Labute approximate surface area is 96.0 Å². The van der Waals surface area contributed by atoms with E-state index in [1.807, 2.05) is 0 Å². The van der Waals surface area contributed by atoms with E-state index in [0.717, 1.165) is 11.3 Å². The van der Waals surface area contributed by atoms with Gasteiger partial charge in [0, 0.05) is 6.20 Å². The lowest BCUT2D eigenvalue weighted by atomic mass is 10.4. The maximum atomic E-state index is 11.8. The summed E-state index contributed by atoms with van der Waals surface area (Å²) in [7, 11) is -3.58. The van der Waals surface area contributed by atoms with Crippen LogP contribution < -0.4 is 4.72 Å². The lowest BCUT2D eigenvalue weighted by Gasteiger charge is -2.01. The second-order valence-electron chi connectivity index (χ2n) is 3.02. The number of hydrogen-bond donors (Lipinski definition) is 3.